The lowest BCUT2D eigenvalue weighted by molar-refractivity contribution is 0.111. The number of pyridine rings is 2. The highest BCUT2D eigenvalue weighted by atomic mass is 16.1. The number of carbonyl (C=O) groups excluding carboxylic acids is 1. The molecule has 2 aromatic heterocycles. The van der Waals surface area contributed by atoms with E-state index in [0.29, 0.717) is 17.3 Å². The van der Waals surface area contributed by atoms with Crippen molar-refractivity contribution in [1.29, 1.82) is 0 Å². The van der Waals surface area contributed by atoms with Crippen LogP contribution >= 0.6 is 0 Å². The minimum atomic E-state index is 0.439. The van der Waals surface area contributed by atoms with Gasteiger partial charge in [0.15, 0.2) is 11.9 Å². The van der Waals surface area contributed by atoms with Crippen LogP contribution in [-0.2, 0) is 0 Å². The van der Waals surface area contributed by atoms with Gasteiger partial charge in [-0.15, -0.1) is 0 Å². The molecular weight excluding hydrogens is 188 g/mol. The average molecular weight is 198 g/mol. The van der Waals surface area contributed by atoms with Gasteiger partial charge in [-0.2, -0.15) is 0 Å². The lowest BCUT2D eigenvalue weighted by atomic mass is 10.1. The summed E-state index contributed by atoms with van der Waals surface area (Å²) in [4.78, 5) is 19.0. The second-order valence-electron chi connectivity index (χ2n) is 3.94. The van der Waals surface area contributed by atoms with Gasteiger partial charge in [0.2, 0.25) is 0 Å². The predicted molar refractivity (Wildman–Crippen MR) is 56.9 cm³/mol. The molecule has 0 aliphatic heterocycles. The van der Waals surface area contributed by atoms with Crippen LogP contribution in [0.5, 0.6) is 0 Å². The molecule has 2 heterocycles. The summed E-state index contributed by atoms with van der Waals surface area (Å²) in [5.41, 5.74) is 2.39. The molecule has 0 unspecified atom stereocenters. The Bertz CT molecular complexity index is 532. The van der Waals surface area contributed by atoms with Gasteiger partial charge in [0.05, 0.1) is 0 Å². The Balaban J connectivity index is 2.15. The summed E-state index contributed by atoms with van der Waals surface area (Å²) in [6.45, 7) is 0. The van der Waals surface area contributed by atoms with E-state index in [4.69, 9.17) is 0 Å². The predicted octanol–water partition coefficient (Wildman–Crippen LogP) is 2.32. The number of aromatic nitrogens is 2. The van der Waals surface area contributed by atoms with E-state index >= 15 is 0 Å². The molecule has 3 nitrogen and oxygen atoms in total. The van der Waals surface area contributed by atoms with Crippen molar-refractivity contribution in [3.8, 4) is 0 Å². The van der Waals surface area contributed by atoms with Crippen LogP contribution in [0.1, 0.15) is 34.8 Å². The summed E-state index contributed by atoms with van der Waals surface area (Å²) in [5, 5.41) is 1.02. The van der Waals surface area contributed by atoms with Gasteiger partial charge in [0, 0.05) is 11.6 Å². The molecule has 3 rings (SSSR count). The first-order valence-electron chi connectivity index (χ1n) is 5.09. The topological polar surface area (TPSA) is 42.9 Å². The van der Waals surface area contributed by atoms with Crippen molar-refractivity contribution in [2.45, 2.75) is 18.8 Å². The van der Waals surface area contributed by atoms with Crippen LogP contribution in [0.3, 0.4) is 0 Å². The zero-order valence-corrected chi connectivity index (χ0v) is 8.18. The summed E-state index contributed by atoms with van der Waals surface area (Å²) in [7, 11) is 0. The lowest BCUT2D eigenvalue weighted by Crippen LogP contribution is -1.91. The van der Waals surface area contributed by atoms with Gasteiger partial charge in [-0.1, -0.05) is 0 Å². The molecule has 3 heteroatoms. The molecule has 1 saturated carbocycles. The van der Waals surface area contributed by atoms with Gasteiger partial charge >= 0.3 is 0 Å². The summed E-state index contributed by atoms with van der Waals surface area (Å²) in [6.07, 6.45) is 5.16. The Labute approximate surface area is 87.2 Å². The van der Waals surface area contributed by atoms with Crippen molar-refractivity contribution in [2.75, 3.05) is 0 Å². The van der Waals surface area contributed by atoms with Crippen molar-refractivity contribution in [3.05, 3.63) is 35.7 Å². The summed E-state index contributed by atoms with van der Waals surface area (Å²) in [5.74, 6) is 0.702. The normalized spacial score (nSPS) is 15.5. The van der Waals surface area contributed by atoms with E-state index in [1.54, 1.807) is 6.07 Å². The molecule has 0 aromatic carbocycles. The molecule has 0 atom stereocenters. The summed E-state index contributed by atoms with van der Waals surface area (Å²) < 4.78 is 0. The van der Waals surface area contributed by atoms with Crippen LogP contribution in [-0.4, -0.2) is 16.3 Å². The SMILES string of the molecule is O=Cc1ccc2cc(C3CC3)cnc2n1. The van der Waals surface area contributed by atoms with Crippen molar-refractivity contribution in [2.24, 2.45) is 0 Å². The van der Waals surface area contributed by atoms with Gasteiger partial charge in [-0.05, 0) is 42.5 Å². The fraction of sp³-hybridized carbons (Fsp3) is 0.250. The number of hydrogen-bond donors (Lipinski definition) is 0. The molecule has 0 amide bonds. The van der Waals surface area contributed by atoms with Gasteiger partial charge in [0.25, 0.3) is 0 Å². The number of fused-ring (bicyclic) bond motifs is 1. The highest BCUT2D eigenvalue weighted by Gasteiger charge is 2.23. The Hall–Kier alpha value is -1.77. The lowest BCUT2D eigenvalue weighted by Gasteiger charge is -2.00. The van der Waals surface area contributed by atoms with Crippen LogP contribution < -0.4 is 0 Å². The van der Waals surface area contributed by atoms with Crippen molar-refractivity contribution >= 4 is 17.3 Å². The zero-order valence-electron chi connectivity index (χ0n) is 8.18. The second kappa shape index (κ2) is 3.12. The Morgan fingerprint density at radius 3 is 2.93 bits per heavy atom. The van der Waals surface area contributed by atoms with E-state index in [9.17, 15) is 4.79 Å². The number of carbonyl (C=O) groups is 1. The van der Waals surface area contributed by atoms with E-state index < -0.39 is 0 Å². The smallest absolute Gasteiger partial charge is 0.168 e. The van der Waals surface area contributed by atoms with Crippen molar-refractivity contribution < 1.29 is 4.79 Å². The van der Waals surface area contributed by atoms with Crippen LogP contribution in [0.4, 0.5) is 0 Å². The Kier molecular flexibility index (Phi) is 1.78. The third kappa shape index (κ3) is 1.50. The van der Waals surface area contributed by atoms with E-state index in [2.05, 4.69) is 16.0 Å². The Morgan fingerprint density at radius 2 is 2.20 bits per heavy atom. The standard InChI is InChI=1S/C12H10N2O/c15-7-11-4-3-9-5-10(8-1-2-8)6-13-12(9)14-11/h3-8H,1-2H2. The molecule has 2 aromatic rings. The summed E-state index contributed by atoms with van der Waals surface area (Å²) >= 11 is 0. The first kappa shape index (κ1) is 8.53. The molecule has 1 aliphatic carbocycles. The number of hydrogen-bond acceptors (Lipinski definition) is 3. The first-order chi connectivity index (χ1) is 7.36. The van der Waals surface area contributed by atoms with Gasteiger partial charge < -0.3 is 0 Å². The minimum Gasteiger partial charge on any atom is -0.296 e. The quantitative estimate of drug-likeness (QED) is 0.695. The average Bonchev–Trinajstić information content (AvgIpc) is 3.11. The highest BCUT2D eigenvalue weighted by molar-refractivity contribution is 5.81. The fourth-order valence-electron chi connectivity index (χ4n) is 1.75. The fourth-order valence-corrected chi connectivity index (χ4v) is 1.75. The molecular formula is C12H10N2O. The molecule has 1 aliphatic rings. The zero-order chi connectivity index (χ0) is 10.3. The molecule has 0 bridgehead atoms. The summed E-state index contributed by atoms with van der Waals surface area (Å²) in [6, 6.07) is 5.76. The molecule has 0 spiro atoms. The van der Waals surface area contributed by atoms with E-state index in [-0.39, 0.29) is 0 Å². The van der Waals surface area contributed by atoms with Crippen LogP contribution in [0.15, 0.2) is 24.4 Å². The third-order valence-electron chi connectivity index (χ3n) is 2.75. The van der Waals surface area contributed by atoms with Crippen molar-refractivity contribution in [1.82, 2.24) is 9.97 Å². The third-order valence-corrected chi connectivity index (χ3v) is 2.75. The molecule has 1 fully saturated rings. The minimum absolute atomic E-state index is 0.439. The van der Waals surface area contributed by atoms with Gasteiger partial charge in [-0.25, -0.2) is 9.97 Å². The molecule has 15 heavy (non-hydrogen) atoms. The van der Waals surface area contributed by atoms with E-state index in [1.165, 1.54) is 18.4 Å². The molecule has 0 saturated heterocycles. The monoisotopic (exact) mass is 198 g/mol. The number of aldehydes is 1. The van der Waals surface area contributed by atoms with Gasteiger partial charge in [0.1, 0.15) is 5.69 Å². The van der Waals surface area contributed by atoms with E-state index in [1.807, 2.05) is 12.3 Å². The maximum atomic E-state index is 10.5. The van der Waals surface area contributed by atoms with Crippen LogP contribution in [0.25, 0.3) is 11.0 Å². The number of nitrogens with zero attached hydrogens (tertiary/aromatic N) is 2. The van der Waals surface area contributed by atoms with Crippen molar-refractivity contribution in [3.63, 3.8) is 0 Å². The van der Waals surface area contributed by atoms with Crippen LogP contribution in [0.2, 0.25) is 0 Å². The first-order valence-corrected chi connectivity index (χ1v) is 5.09. The largest absolute Gasteiger partial charge is 0.296 e. The van der Waals surface area contributed by atoms with Gasteiger partial charge in [-0.3, -0.25) is 4.79 Å². The maximum absolute atomic E-state index is 10.5. The van der Waals surface area contributed by atoms with Crippen LogP contribution in [0, 0.1) is 0 Å². The van der Waals surface area contributed by atoms with E-state index in [0.717, 1.165) is 11.7 Å². The number of rotatable bonds is 2. The highest BCUT2D eigenvalue weighted by Crippen LogP contribution is 2.40. The molecule has 0 N–H and O–H groups in total. The molecule has 74 valence electrons. The second-order valence-corrected chi connectivity index (χ2v) is 3.94. The Morgan fingerprint density at radius 1 is 1.33 bits per heavy atom. The maximum Gasteiger partial charge on any atom is 0.168 e. The molecule has 0 radical (unpaired) electrons.